The van der Waals surface area contributed by atoms with Crippen LogP contribution in [0, 0.1) is 5.82 Å². The Bertz CT molecular complexity index is 484. The van der Waals surface area contributed by atoms with Gasteiger partial charge in [-0.3, -0.25) is 0 Å². The summed E-state index contributed by atoms with van der Waals surface area (Å²) in [6.45, 7) is 1.64. The van der Waals surface area contributed by atoms with Gasteiger partial charge in [0.05, 0.1) is 4.34 Å². The lowest BCUT2D eigenvalue weighted by Gasteiger charge is -2.03. The summed E-state index contributed by atoms with van der Waals surface area (Å²) in [6.07, 6.45) is 0.830. The number of nitrogens with one attached hydrogen (secondary N) is 1. The summed E-state index contributed by atoms with van der Waals surface area (Å²) in [5.41, 5.74) is 1.02. The Morgan fingerprint density at radius 1 is 1.24 bits per heavy atom. The first-order chi connectivity index (χ1) is 8.24. The van der Waals surface area contributed by atoms with E-state index < -0.39 is 0 Å². The quantitative estimate of drug-likeness (QED) is 0.813. The fourth-order valence-corrected chi connectivity index (χ4v) is 2.64. The maximum atomic E-state index is 12.9. The maximum absolute atomic E-state index is 12.9. The highest BCUT2D eigenvalue weighted by Gasteiger charge is 1.98. The summed E-state index contributed by atoms with van der Waals surface area (Å²) in [5.74, 6) is -0.174. The molecule has 0 saturated carbocycles. The molecule has 0 atom stereocenters. The van der Waals surface area contributed by atoms with Crippen molar-refractivity contribution < 1.29 is 4.39 Å². The van der Waals surface area contributed by atoms with E-state index in [1.165, 1.54) is 10.9 Å². The summed E-state index contributed by atoms with van der Waals surface area (Å²) in [4.78, 5) is 1.22. The topological polar surface area (TPSA) is 12.0 Å². The number of thiophene rings is 1. The van der Waals surface area contributed by atoms with Crippen molar-refractivity contribution in [2.75, 3.05) is 6.54 Å². The molecule has 0 saturated heterocycles. The van der Waals surface area contributed by atoms with Crippen molar-refractivity contribution in [2.24, 2.45) is 0 Å². The third-order valence-electron chi connectivity index (χ3n) is 2.41. The van der Waals surface area contributed by atoms with Gasteiger partial charge in [0.15, 0.2) is 0 Å². The standard InChI is InChI=1S/C13H13ClFNS/c14-13-5-4-12(17-13)9-16-7-6-10-2-1-3-11(15)8-10/h1-5,8,16H,6-7,9H2. The first-order valence-corrected chi connectivity index (χ1v) is 6.63. The van der Waals surface area contributed by atoms with E-state index in [0.29, 0.717) is 0 Å². The predicted octanol–water partition coefficient (Wildman–Crippen LogP) is 3.87. The minimum Gasteiger partial charge on any atom is -0.312 e. The Hall–Kier alpha value is -0.900. The SMILES string of the molecule is Fc1cccc(CCNCc2ccc(Cl)s2)c1. The molecule has 2 rings (SSSR count). The lowest BCUT2D eigenvalue weighted by atomic mass is 10.1. The summed E-state index contributed by atoms with van der Waals surface area (Å²) in [6, 6.07) is 10.6. The summed E-state index contributed by atoms with van der Waals surface area (Å²) in [5, 5.41) is 3.31. The second kappa shape index (κ2) is 6.15. The van der Waals surface area contributed by atoms with Gasteiger partial charge in [0.1, 0.15) is 5.82 Å². The molecule has 0 aliphatic heterocycles. The molecule has 17 heavy (non-hydrogen) atoms. The fraction of sp³-hybridized carbons (Fsp3) is 0.231. The highest BCUT2D eigenvalue weighted by Crippen LogP contribution is 2.20. The monoisotopic (exact) mass is 269 g/mol. The van der Waals surface area contributed by atoms with E-state index in [4.69, 9.17) is 11.6 Å². The molecule has 0 radical (unpaired) electrons. The average Bonchev–Trinajstić information content (AvgIpc) is 2.71. The first kappa shape index (κ1) is 12.6. The average molecular weight is 270 g/mol. The largest absolute Gasteiger partial charge is 0.312 e. The van der Waals surface area contributed by atoms with Gasteiger partial charge in [-0.25, -0.2) is 4.39 Å². The Balaban J connectivity index is 1.73. The molecule has 0 unspecified atom stereocenters. The Kier molecular flexibility index (Phi) is 4.54. The van der Waals surface area contributed by atoms with Gasteiger partial charge in [-0.15, -0.1) is 11.3 Å². The number of benzene rings is 1. The van der Waals surface area contributed by atoms with Gasteiger partial charge in [-0.05, 0) is 42.8 Å². The molecule has 0 bridgehead atoms. The van der Waals surface area contributed by atoms with E-state index in [2.05, 4.69) is 5.32 Å². The second-order valence-corrected chi connectivity index (χ2v) is 5.56. The number of halogens is 2. The molecule has 1 N–H and O–H groups in total. The summed E-state index contributed by atoms with van der Waals surface area (Å²) in [7, 11) is 0. The third kappa shape index (κ3) is 4.11. The third-order valence-corrected chi connectivity index (χ3v) is 3.64. The normalized spacial score (nSPS) is 10.7. The maximum Gasteiger partial charge on any atom is 0.123 e. The molecule has 90 valence electrons. The highest BCUT2D eigenvalue weighted by molar-refractivity contribution is 7.16. The second-order valence-electron chi connectivity index (χ2n) is 3.76. The zero-order valence-electron chi connectivity index (χ0n) is 9.25. The Morgan fingerprint density at radius 2 is 2.12 bits per heavy atom. The first-order valence-electron chi connectivity index (χ1n) is 5.43. The molecular weight excluding hydrogens is 257 g/mol. The number of rotatable bonds is 5. The van der Waals surface area contributed by atoms with E-state index in [1.807, 2.05) is 18.2 Å². The molecule has 1 aromatic carbocycles. The van der Waals surface area contributed by atoms with E-state index in [0.717, 1.165) is 29.4 Å². The summed E-state index contributed by atoms with van der Waals surface area (Å²) >= 11 is 7.41. The van der Waals surface area contributed by atoms with Crippen molar-refractivity contribution in [2.45, 2.75) is 13.0 Å². The number of hydrogen-bond donors (Lipinski definition) is 1. The number of hydrogen-bond acceptors (Lipinski definition) is 2. The molecule has 2 aromatic rings. The van der Waals surface area contributed by atoms with Gasteiger partial charge < -0.3 is 5.32 Å². The van der Waals surface area contributed by atoms with Gasteiger partial charge in [-0.1, -0.05) is 23.7 Å². The molecule has 1 aromatic heterocycles. The molecule has 1 nitrogen and oxygen atoms in total. The van der Waals surface area contributed by atoms with Gasteiger partial charge in [0, 0.05) is 11.4 Å². The van der Waals surface area contributed by atoms with Crippen molar-refractivity contribution in [1.29, 1.82) is 0 Å². The van der Waals surface area contributed by atoms with Crippen LogP contribution in [0.5, 0.6) is 0 Å². The van der Waals surface area contributed by atoms with E-state index >= 15 is 0 Å². The van der Waals surface area contributed by atoms with Crippen LogP contribution >= 0.6 is 22.9 Å². The van der Waals surface area contributed by atoms with Crippen molar-refractivity contribution in [3.63, 3.8) is 0 Å². The van der Waals surface area contributed by atoms with Crippen LogP contribution < -0.4 is 5.32 Å². The van der Waals surface area contributed by atoms with Gasteiger partial charge in [0.25, 0.3) is 0 Å². The minimum atomic E-state index is -0.174. The fourth-order valence-electron chi connectivity index (χ4n) is 1.58. The Labute approximate surface area is 109 Å². The molecular formula is C13H13ClFNS. The predicted molar refractivity (Wildman–Crippen MR) is 71.1 cm³/mol. The lowest BCUT2D eigenvalue weighted by molar-refractivity contribution is 0.623. The zero-order chi connectivity index (χ0) is 12.1. The van der Waals surface area contributed by atoms with E-state index in [-0.39, 0.29) is 5.82 Å². The molecule has 4 heteroatoms. The van der Waals surface area contributed by atoms with Gasteiger partial charge in [0.2, 0.25) is 0 Å². The summed E-state index contributed by atoms with van der Waals surface area (Å²) < 4.78 is 13.7. The van der Waals surface area contributed by atoms with Gasteiger partial charge >= 0.3 is 0 Å². The van der Waals surface area contributed by atoms with Crippen LogP contribution in [0.25, 0.3) is 0 Å². The van der Waals surface area contributed by atoms with Crippen LogP contribution in [0.15, 0.2) is 36.4 Å². The Morgan fingerprint density at radius 3 is 2.82 bits per heavy atom. The van der Waals surface area contributed by atoms with Crippen molar-refractivity contribution >= 4 is 22.9 Å². The van der Waals surface area contributed by atoms with E-state index in [9.17, 15) is 4.39 Å². The van der Waals surface area contributed by atoms with Crippen molar-refractivity contribution in [3.8, 4) is 0 Å². The van der Waals surface area contributed by atoms with Crippen LogP contribution in [0.3, 0.4) is 0 Å². The van der Waals surface area contributed by atoms with Crippen molar-refractivity contribution in [3.05, 3.63) is 57.0 Å². The van der Waals surface area contributed by atoms with Crippen LogP contribution in [0.1, 0.15) is 10.4 Å². The molecule has 0 aliphatic rings. The lowest BCUT2D eigenvalue weighted by Crippen LogP contribution is -2.15. The molecule has 0 fully saturated rings. The van der Waals surface area contributed by atoms with Crippen LogP contribution in [0.4, 0.5) is 4.39 Å². The molecule has 0 aliphatic carbocycles. The highest BCUT2D eigenvalue weighted by atomic mass is 35.5. The van der Waals surface area contributed by atoms with E-state index in [1.54, 1.807) is 23.5 Å². The van der Waals surface area contributed by atoms with Crippen LogP contribution in [-0.2, 0) is 13.0 Å². The van der Waals surface area contributed by atoms with Crippen LogP contribution in [-0.4, -0.2) is 6.54 Å². The van der Waals surface area contributed by atoms with Gasteiger partial charge in [-0.2, -0.15) is 0 Å². The smallest absolute Gasteiger partial charge is 0.123 e. The zero-order valence-corrected chi connectivity index (χ0v) is 10.8. The minimum absolute atomic E-state index is 0.174. The van der Waals surface area contributed by atoms with Crippen LogP contribution in [0.2, 0.25) is 4.34 Å². The molecule has 0 spiro atoms. The molecule has 0 amide bonds. The molecule has 1 heterocycles. The van der Waals surface area contributed by atoms with Crippen molar-refractivity contribution in [1.82, 2.24) is 5.32 Å².